The van der Waals surface area contributed by atoms with Crippen molar-refractivity contribution in [3.8, 4) is 11.4 Å². The Labute approximate surface area is 134 Å². The van der Waals surface area contributed by atoms with Crippen molar-refractivity contribution in [2.75, 3.05) is 19.6 Å². The molecular weight excluding hydrogens is 288 g/mol. The fourth-order valence-electron chi connectivity index (χ4n) is 3.30. The average molecular weight is 308 g/mol. The van der Waals surface area contributed by atoms with Gasteiger partial charge in [0.2, 0.25) is 0 Å². The van der Waals surface area contributed by atoms with Gasteiger partial charge in [-0.1, -0.05) is 18.2 Å². The van der Waals surface area contributed by atoms with E-state index in [1.807, 2.05) is 36.5 Å². The Balaban J connectivity index is 1.66. The highest BCUT2D eigenvalue weighted by atomic mass is 16.1. The molecule has 3 heterocycles. The largest absolute Gasteiger partial charge is 0.330 e. The van der Waals surface area contributed by atoms with Crippen molar-refractivity contribution in [2.45, 2.75) is 19.4 Å². The van der Waals surface area contributed by atoms with Crippen molar-refractivity contribution in [2.24, 2.45) is 0 Å². The standard InChI is InChI=1S/C18H20N4O/c23-18-15(13-14-5-1-2-6-16(14)20-18)17-19-7-10-22(17)12-11-21-8-3-4-9-21/h1-2,5-7,10,13H,3-4,8-9,11-12H2,(H,20,23). The first-order valence-electron chi connectivity index (χ1n) is 8.17. The lowest BCUT2D eigenvalue weighted by Crippen LogP contribution is -2.24. The smallest absolute Gasteiger partial charge is 0.259 e. The van der Waals surface area contributed by atoms with Crippen LogP contribution in [0.2, 0.25) is 0 Å². The van der Waals surface area contributed by atoms with E-state index >= 15 is 0 Å². The Hall–Kier alpha value is -2.40. The van der Waals surface area contributed by atoms with E-state index in [-0.39, 0.29) is 5.56 Å². The van der Waals surface area contributed by atoms with Crippen molar-refractivity contribution in [1.29, 1.82) is 0 Å². The fourth-order valence-corrected chi connectivity index (χ4v) is 3.30. The molecule has 0 bridgehead atoms. The molecule has 0 amide bonds. The molecule has 1 aliphatic heterocycles. The third-order valence-corrected chi connectivity index (χ3v) is 4.57. The quantitative estimate of drug-likeness (QED) is 0.805. The van der Waals surface area contributed by atoms with E-state index in [4.69, 9.17) is 0 Å². The summed E-state index contributed by atoms with van der Waals surface area (Å²) in [7, 11) is 0. The second-order valence-electron chi connectivity index (χ2n) is 6.09. The first-order chi connectivity index (χ1) is 11.3. The summed E-state index contributed by atoms with van der Waals surface area (Å²) in [6.45, 7) is 4.23. The van der Waals surface area contributed by atoms with Crippen molar-refractivity contribution >= 4 is 10.9 Å². The van der Waals surface area contributed by atoms with E-state index in [2.05, 4.69) is 19.4 Å². The normalized spacial score (nSPS) is 15.5. The first-order valence-corrected chi connectivity index (χ1v) is 8.17. The van der Waals surface area contributed by atoms with Gasteiger partial charge in [0.15, 0.2) is 0 Å². The van der Waals surface area contributed by atoms with Crippen LogP contribution in [0.1, 0.15) is 12.8 Å². The van der Waals surface area contributed by atoms with Crippen molar-refractivity contribution in [3.63, 3.8) is 0 Å². The number of H-pyrrole nitrogens is 1. The summed E-state index contributed by atoms with van der Waals surface area (Å²) in [6.07, 6.45) is 6.32. The molecule has 1 aromatic carbocycles. The third-order valence-electron chi connectivity index (χ3n) is 4.57. The molecule has 0 atom stereocenters. The minimum absolute atomic E-state index is 0.0858. The van der Waals surface area contributed by atoms with Gasteiger partial charge in [-0.25, -0.2) is 4.98 Å². The van der Waals surface area contributed by atoms with E-state index < -0.39 is 0 Å². The molecule has 118 valence electrons. The summed E-state index contributed by atoms with van der Waals surface area (Å²) < 4.78 is 2.08. The Morgan fingerprint density at radius 3 is 2.83 bits per heavy atom. The zero-order chi connectivity index (χ0) is 15.6. The molecule has 3 aromatic rings. The molecule has 5 heteroatoms. The average Bonchev–Trinajstić information content (AvgIpc) is 3.23. The lowest BCUT2D eigenvalue weighted by molar-refractivity contribution is 0.323. The number of para-hydroxylation sites is 1. The van der Waals surface area contributed by atoms with E-state index in [0.29, 0.717) is 5.56 Å². The number of benzene rings is 1. The number of hydrogen-bond donors (Lipinski definition) is 1. The Kier molecular flexibility index (Phi) is 3.71. The van der Waals surface area contributed by atoms with Crippen LogP contribution in [0.5, 0.6) is 0 Å². The Morgan fingerprint density at radius 1 is 1.13 bits per heavy atom. The molecule has 4 rings (SSSR count). The zero-order valence-corrected chi connectivity index (χ0v) is 13.0. The van der Waals surface area contributed by atoms with Crippen molar-refractivity contribution in [1.82, 2.24) is 19.4 Å². The Morgan fingerprint density at radius 2 is 1.96 bits per heavy atom. The van der Waals surface area contributed by atoms with Crippen LogP contribution < -0.4 is 5.56 Å². The van der Waals surface area contributed by atoms with E-state index in [9.17, 15) is 4.79 Å². The molecule has 1 N–H and O–H groups in total. The third kappa shape index (κ3) is 2.80. The van der Waals surface area contributed by atoms with E-state index in [0.717, 1.165) is 29.8 Å². The van der Waals surface area contributed by atoms with E-state index in [1.54, 1.807) is 6.20 Å². The van der Waals surface area contributed by atoms with Crippen LogP contribution in [-0.2, 0) is 6.54 Å². The number of likely N-dealkylation sites (tertiary alicyclic amines) is 1. The minimum Gasteiger partial charge on any atom is -0.330 e. The maximum atomic E-state index is 12.4. The van der Waals surface area contributed by atoms with Gasteiger partial charge < -0.3 is 14.5 Å². The first kappa shape index (κ1) is 14.2. The maximum Gasteiger partial charge on any atom is 0.259 e. The number of pyridine rings is 1. The number of hydrogen-bond acceptors (Lipinski definition) is 3. The van der Waals surface area contributed by atoms with Crippen LogP contribution in [0, 0.1) is 0 Å². The summed E-state index contributed by atoms with van der Waals surface area (Å²) in [5.41, 5.74) is 1.41. The second kappa shape index (κ2) is 6.01. The fraction of sp³-hybridized carbons (Fsp3) is 0.333. The van der Waals surface area contributed by atoms with Gasteiger partial charge in [-0.15, -0.1) is 0 Å². The summed E-state index contributed by atoms with van der Waals surface area (Å²) in [5.74, 6) is 0.746. The molecule has 0 spiro atoms. The molecule has 1 fully saturated rings. The van der Waals surface area contributed by atoms with Gasteiger partial charge in [0.1, 0.15) is 5.82 Å². The number of rotatable bonds is 4. The number of imidazole rings is 1. The number of nitrogens with one attached hydrogen (secondary N) is 1. The molecule has 0 aliphatic carbocycles. The van der Waals surface area contributed by atoms with Gasteiger partial charge >= 0.3 is 0 Å². The van der Waals surface area contributed by atoms with Crippen LogP contribution in [0.4, 0.5) is 0 Å². The van der Waals surface area contributed by atoms with Gasteiger partial charge in [-0.2, -0.15) is 0 Å². The SMILES string of the molecule is O=c1[nH]c2ccccc2cc1-c1nccn1CCN1CCCC1. The van der Waals surface area contributed by atoms with Crippen LogP contribution in [0.25, 0.3) is 22.3 Å². The highest BCUT2D eigenvalue weighted by molar-refractivity contribution is 5.82. The molecule has 0 unspecified atom stereocenters. The van der Waals surface area contributed by atoms with Crippen LogP contribution >= 0.6 is 0 Å². The molecule has 1 aliphatic rings. The van der Waals surface area contributed by atoms with E-state index in [1.165, 1.54) is 25.9 Å². The van der Waals surface area contributed by atoms with Gasteiger partial charge in [0, 0.05) is 31.0 Å². The minimum atomic E-state index is -0.0858. The highest BCUT2D eigenvalue weighted by Crippen LogP contribution is 2.18. The van der Waals surface area contributed by atoms with Crippen molar-refractivity contribution < 1.29 is 0 Å². The number of nitrogens with zero attached hydrogens (tertiary/aromatic N) is 3. The number of fused-ring (bicyclic) bond motifs is 1. The number of aromatic nitrogens is 3. The molecule has 2 aromatic heterocycles. The van der Waals surface area contributed by atoms with Crippen molar-refractivity contribution in [3.05, 3.63) is 53.1 Å². The highest BCUT2D eigenvalue weighted by Gasteiger charge is 2.14. The topological polar surface area (TPSA) is 53.9 Å². The lowest BCUT2D eigenvalue weighted by Gasteiger charge is -2.16. The Bertz CT molecular complexity index is 874. The monoisotopic (exact) mass is 308 g/mol. The van der Waals surface area contributed by atoms with Gasteiger partial charge in [-0.3, -0.25) is 4.79 Å². The summed E-state index contributed by atoms with van der Waals surface area (Å²) in [4.78, 5) is 22.3. The summed E-state index contributed by atoms with van der Waals surface area (Å²) in [5, 5.41) is 1.02. The van der Waals surface area contributed by atoms with Crippen LogP contribution in [-0.4, -0.2) is 39.1 Å². The lowest BCUT2D eigenvalue weighted by atomic mass is 10.1. The molecule has 23 heavy (non-hydrogen) atoms. The molecular formula is C18H20N4O. The summed E-state index contributed by atoms with van der Waals surface area (Å²) >= 11 is 0. The maximum absolute atomic E-state index is 12.4. The van der Waals surface area contributed by atoms with Crippen LogP contribution in [0.15, 0.2) is 47.5 Å². The number of aromatic amines is 1. The molecule has 1 saturated heterocycles. The second-order valence-corrected chi connectivity index (χ2v) is 6.09. The zero-order valence-electron chi connectivity index (χ0n) is 13.0. The molecule has 0 saturated carbocycles. The predicted molar refractivity (Wildman–Crippen MR) is 91.5 cm³/mol. The van der Waals surface area contributed by atoms with Crippen LogP contribution in [0.3, 0.4) is 0 Å². The van der Waals surface area contributed by atoms with Gasteiger partial charge in [-0.05, 0) is 43.5 Å². The van der Waals surface area contributed by atoms with Gasteiger partial charge in [0.25, 0.3) is 5.56 Å². The molecule has 0 radical (unpaired) electrons. The summed E-state index contributed by atoms with van der Waals surface area (Å²) in [6, 6.07) is 9.76. The van der Waals surface area contributed by atoms with Gasteiger partial charge in [0.05, 0.1) is 5.56 Å². The predicted octanol–water partition coefficient (Wildman–Crippen LogP) is 2.49. The molecule has 5 nitrogen and oxygen atoms in total.